The molecule has 0 aromatic heterocycles. The molecule has 0 nitrogen and oxygen atoms in total. The van der Waals surface area contributed by atoms with Crippen LogP contribution in [0.1, 0.15) is 116 Å². The van der Waals surface area contributed by atoms with E-state index in [4.69, 9.17) is 0 Å². The summed E-state index contributed by atoms with van der Waals surface area (Å²) in [5, 5.41) is 2.00. The first-order valence-corrected chi connectivity index (χ1v) is 12.9. The van der Waals surface area contributed by atoms with Gasteiger partial charge in [-0.25, -0.2) is 0 Å². The second-order valence-corrected chi connectivity index (χ2v) is 11.6. The van der Waals surface area contributed by atoms with Crippen LogP contribution in [0.2, 0.25) is 0 Å². The van der Waals surface area contributed by atoms with Crippen molar-refractivity contribution in [3.05, 3.63) is 11.4 Å². The number of hydrogen-bond donors (Lipinski definition) is 0. The lowest BCUT2D eigenvalue weighted by atomic mass is 9.89. The summed E-state index contributed by atoms with van der Waals surface area (Å²) < 4.78 is 0. The fourth-order valence-electron chi connectivity index (χ4n) is 5.61. The predicted octanol–water partition coefficient (Wildman–Crippen LogP) is 8.40. The minimum Gasteiger partial charge on any atom is -0.0777 e. The van der Waals surface area contributed by atoms with E-state index in [0.717, 1.165) is 17.2 Å². The predicted molar refractivity (Wildman–Crippen MR) is 110 cm³/mol. The van der Waals surface area contributed by atoms with Gasteiger partial charge in [-0.05, 0) is 67.5 Å². The average molecular weight is 349 g/mol. The van der Waals surface area contributed by atoms with Crippen molar-refractivity contribution in [1.82, 2.24) is 0 Å². The van der Waals surface area contributed by atoms with Gasteiger partial charge in [0.2, 0.25) is 0 Å². The van der Waals surface area contributed by atoms with Gasteiger partial charge in [-0.3, -0.25) is 0 Å². The maximum Gasteiger partial charge on any atom is -0.0170 e. The molecule has 0 saturated heterocycles. The Hall–Kier alpha value is 0.170. The fourth-order valence-corrected chi connectivity index (χ4v) is 9.86. The van der Waals surface area contributed by atoms with Crippen molar-refractivity contribution < 1.29 is 0 Å². The van der Waals surface area contributed by atoms with Gasteiger partial charge in [-0.2, -0.15) is 0 Å². The molecule has 3 saturated carbocycles. The van der Waals surface area contributed by atoms with Crippen molar-refractivity contribution in [3.8, 4) is 0 Å². The highest BCUT2D eigenvalue weighted by molar-refractivity contribution is 7.63. The summed E-state index contributed by atoms with van der Waals surface area (Å²) in [4.78, 5) is 0. The molecular formula is C23H41P. The fraction of sp³-hybridized carbons (Fsp3) is 0.913. The Morgan fingerprint density at radius 1 is 0.708 bits per heavy atom. The van der Waals surface area contributed by atoms with Crippen LogP contribution in [0.4, 0.5) is 0 Å². The Kier molecular flexibility index (Phi) is 8.17. The molecular weight excluding hydrogens is 307 g/mol. The minimum absolute atomic E-state index is 0.170. The van der Waals surface area contributed by atoms with Gasteiger partial charge in [0.25, 0.3) is 0 Å². The topological polar surface area (TPSA) is 0 Å². The maximum atomic E-state index is 2.87. The molecule has 0 spiro atoms. The summed E-state index contributed by atoms with van der Waals surface area (Å²) in [7, 11) is 0.170. The van der Waals surface area contributed by atoms with Gasteiger partial charge in [0.1, 0.15) is 0 Å². The second kappa shape index (κ2) is 10.4. The summed E-state index contributed by atoms with van der Waals surface area (Å²) in [5.74, 6) is 0.942. The van der Waals surface area contributed by atoms with E-state index in [1.165, 1.54) is 83.5 Å². The van der Waals surface area contributed by atoms with Gasteiger partial charge >= 0.3 is 0 Å². The minimum atomic E-state index is 0.170. The Morgan fingerprint density at radius 3 is 1.62 bits per heavy atom. The normalized spacial score (nSPS) is 26.2. The monoisotopic (exact) mass is 348 g/mol. The van der Waals surface area contributed by atoms with Crippen molar-refractivity contribution >= 4 is 7.92 Å². The van der Waals surface area contributed by atoms with Crippen LogP contribution >= 0.6 is 7.92 Å². The molecule has 0 heterocycles. The van der Waals surface area contributed by atoms with Crippen LogP contribution in [0.25, 0.3) is 0 Å². The zero-order valence-corrected chi connectivity index (χ0v) is 17.2. The smallest absolute Gasteiger partial charge is 0.0170 e. The highest BCUT2D eigenvalue weighted by Gasteiger charge is 2.33. The van der Waals surface area contributed by atoms with Crippen LogP contribution in [0.5, 0.6) is 0 Å². The first kappa shape index (κ1) is 18.9. The summed E-state index contributed by atoms with van der Waals surface area (Å²) in [6.45, 7) is 2.42. The lowest BCUT2D eigenvalue weighted by Gasteiger charge is -2.40. The van der Waals surface area contributed by atoms with Crippen molar-refractivity contribution in [2.24, 2.45) is 5.92 Å². The molecule has 0 atom stereocenters. The Balaban J connectivity index is 1.79. The molecule has 24 heavy (non-hydrogen) atoms. The van der Waals surface area contributed by atoms with E-state index in [1.807, 2.05) is 5.31 Å². The number of hydrogen-bond acceptors (Lipinski definition) is 0. The van der Waals surface area contributed by atoms with Gasteiger partial charge in [0, 0.05) is 0 Å². The zero-order valence-electron chi connectivity index (χ0n) is 16.3. The van der Waals surface area contributed by atoms with Gasteiger partial charge < -0.3 is 0 Å². The zero-order chi connectivity index (χ0) is 16.6. The van der Waals surface area contributed by atoms with E-state index in [9.17, 15) is 0 Å². The molecule has 0 aliphatic heterocycles. The average Bonchev–Trinajstić information content (AvgIpc) is 2.65. The van der Waals surface area contributed by atoms with Crippen molar-refractivity contribution in [2.75, 3.05) is 0 Å². The molecule has 0 bridgehead atoms. The van der Waals surface area contributed by atoms with Crippen molar-refractivity contribution in [2.45, 2.75) is 127 Å². The van der Waals surface area contributed by atoms with E-state index in [-0.39, 0.29) is 7.92 Å². The summed E-state index contributed by atoms with van der Waals surface area (Å²) in [6.07, 6.45) is 28.5. The number of allylic oxidation sites excluding steroid dienone is 2. The third-order valence-electron chi connectivity index (χ3n) is 6.85. The molecule has 3 rings (SSSR count). The Morgan fingerprint density at radius 2 is 1.17 bits per heavy atom. The summed E-state index contributed by atoms with van der Waals surface area (Å²) in [6, 6.07) is 0. The lowest BCUT2D eigenvalue weighted by Crippen LogP contribution is -2.21. The van der Waals surface area contributed by atoms with Crippen LogP contribution in [0.3, 0.4) is 0 Å². The standard InChI is InChI=1S/C23H41P/c1-2-12-23(19-20-13-6-3-7-14-20)24(21-15-8-4-9-16-21)22-17-10-5-11-18-22/h19-22H,2-18H2,1H3. The molecule has 0 aromatic carbocycles. The quantitative estimate of drug-likeness (QED) is 0.423. The molecule has 0 aromatic rings. The lowest BCUT2D eigenvalue weighted by molar-refractivity contribution is 0.418. The van der Waals surface area contributed by atoms with E-state index in [0.29, 0.717) is 0 Å². The van der Waals surface area contributed by atoms with Gasteiger partial charge in [0.05, 0.1) is 0 Å². The van der Waals surface area contributed by atoms with E-state index in [2.05, 4.69) is 13.0 Å². The third kappa shape index (κ3) is 5.33. The Labute approximate surface area is 153 Å². The number of rotatable bonds is 6. The van der Waals surface area contributed by atoms with Gasteiger partial charge in [-0.1, -0.05) is 85.1 Å². The summed E-state index contributed by atoms with van der Waals surface area (Å²) >= 11 is 0. The molecule has 0 amide bonds. The van der Waals surface area contributed by atoms with Crippen LogP contribution in [0.15, 0.2) is 11.4 Å². The molecule has 0 radical (unpaired) electrons. The first-order valence-electron chi connectivity index (χ1n) is 11.4. The highest BCUT2D eigenvalue weighted by atomic mass is 31.1. The molecule has 0 N–H and O–H groups in total. The summed E-state index contributed by atoms with van der Waals surface area (Å²) in [5.41, 5.74) is 2.19. The molecule has 3 aliphatic rings. The van der Waals surface area contributed by atoms with Crippen molar-refractivity contribution in [3.63, 3.8) is 0 Å². The molecule has 0 unspecified atom stereocenters. The maximum absolute atomic E-state index is 2.87. The van der Waals surface area contributed by atoms with Crippen LogP contribution in [0, 0.1) is 5.92 Å². The molecule has 1 heteroatoms. The third-order valence-corrected chi connectivity index (χ3v) is 10.5. The highest BCUT2D eigenvalue weighted by Crippen LogP contribution is 2.62. The van der Waals surface area contributed by atoms with E-state index in [1.54, 1.807) is 25.7 Å². The van der Waals surface area contributed by atoms with Crippen LogP contribution in [-0.4, -0.2) is 11.3 Å². The Bertz CT molecular complexity index is 349. The SMILES string of the molecule is CCCC(=CC1CCCCC1)P(C1CCCCC1)C1CCCCC1. The van der Waals surface area contributed by atoms with E-state index >= 15 is 0 Å². The molecule has 138 valence electrons. The van der Waals surface area contributed by atoms with Crippen molar-refractivity contribution in [1.29, 1.82) is 0 Å². The van der Waals surface area contributed by atoms with E-state index < -0.39 is 0 Å². The van der Waals surface area contributed by atoms with Gasteiger partial charge in [-0.15, -0.1) is 0 Å². The van der Waals surface area contributed by atoms with Crippen LogP contribution in [-0.2, 0) is 0 Å². The second-order valence-electron chi connectivity index (χ2n) is 8.80. The molecule has 3 fully saturated rings. The largest absolute Gasteiger partial charge is 0.0777 e. The molecule has 3 aliphatic carbocycles. The van der Waals surface area contributed by atoms with Gasteiger partial charge in [0.15, 0.2) is 0 Å². The van der Waals surface area contributed by atoms with Crippen LogP contribution < -0.4 is 0 Å². The first-order chi connectivity index (χ1) is 11.9.